The van der Waals surface area contributed by atoms with E-state index in [1.54, 1.807) is 0 Å². The van der Waals surface area contributed by atoms with Crippen molar-refractivity contribution in [1.29, 1.82) is 0 Å². The molecule has 0 aromatic heterocycles. The topological polar surface area (TPSA) is 21.3 Å². The quantitative estimate of drug-likeness (QED) is 0.766. The van der Waals surface area contributed by atoms with Crippen LogP contribution in [0.2, 0.25) is 0 Å². The number of hydrogen-bond acceptors (Lipinski definition) is 2. The first-order valence-corrected chi connectivity index (χ1v) is 7.10. The molecule has 1 atom stereocenters. The smallest absolute Gasteiger partial charge is 0.129 e. The van der Waals surface area contributed by atoms with Gasteiger partial charge in [-0.2, -0.15) is 0 Å². The Bertz CT molecular complexity index is 371. The van der Waals surface area contributed by atoms with Crippen LogP contribution in [0.1, 0.15) is 38.8 Å². The van der Waals surface area contributed by atoms with Crippen molar-refractivity contribution in [2.45, 2.75) is 39.3 Å². The molecule has 1 aromatic rings. The highest BCUT2D eigenvalue weighted by Gasteiger charge is 2.10. The Morgan fingerprint density at radius 2 is 2.06 bits per heavy atom. The normalized spacial score (nSPS) is 13.0. The van der Waals surface area contributed by atoms with Crippen molar-refractivity contribution >= 4 is 15.9 Å². The van der Waals surface area contributed by atoms with Crippen LogP contribution in [0.4, 0.5) is 4.39 Å². The summed E-state index contributed by atoms with van der Waals surface area (Å²) in [5.41, 5.74) is 0.697. The summed E-state index contributed by atoms with van der Waals surface area (Å²) in [6, 6.07) is 5.17. The first kappa shape index (κ1) is 15.6. The van der Waals surface area contributed by atoms with Gasteiger partial charge in [-0.15, -0.1) is 0 Å². The predicted octanol–water partition coefficient (Wildman–Crippen LogP) is 4.05. The maximum Gasteiger partial charge on any atom is 0.129 e. The van der Waals surface area contributed by atoms with E-state index in [2.05, 4.69) is 21.2 Å². The summed E-state index contributed by atoms with van der Waals surface area (Å²) in [5, 5.41) is 3.30. The third-order valence-electron chi connectivity index (χ3n) is 2.65. The molecule has 1 N–H and O–H groups in total. The first-order chi connectivity index (χ1) is 8.50. The molecule has 0 aliphatic heterocycles. The van der Waals surface area contributed by atoms with E-state index < -0.39 is 0 Å². The van der Waals surface area contributed by atoms with Crippen molar-refractivity contribution in [3.8, 4) is 0 Å². The Morgan fingerprint density at radius 1 is 1.33 bits per heavy atom. The molecule has 0 saturated heterocycles. The number of benzene rings is 1. The summed E-state index contributed by atoms with van der Waals surface area (Å²) in [7, 11) is 0. The predicted molar refractivity (Wildman–Crippen MR) is 76.2 cm³/mol. The van der Waals surface area contributed by atoms with Gasteiger partial charge in [-0.25, -0.2) is 4.39 Å². The molecule has 1 aromatic carbocycles. The Balaban J connectivity index is 2.34. The highest BCUT2D eigenvalue weighted by Crippen LogP contribution is 2.20. The molecule has 1 unspecified atom stereocenters. The van der Waals surface area contributed by atoms with Crippen LogP contribution in [0.5, 0.6) is 0 Å². The molecule has 1 rings (SSSR count). The fraction of sp³-hybridized carbons (Fsp3) is 0.571. The maximum absolute atomic E-state index is 13.7. The zero-order chi connectivity index (χ0) is 13.5. The average Bonchev–Trinajstić information content (AvgIpc) is 2.27. The van der Waals surface area contributed by atoms with Crippen molar-refractivity contribution in [2.75, 3.05) is 13.2 Å². The second kappa shape index (κ2) is 7.87. The zero-order valence-electron chi connectivity index (χ0n) is 11.2. The zero-order valence-corrected chi connectivity index (χ0v) is 12.8. The second-order valence-electron chi connectivity index (χ2n) is 4.61. The van der Waals surface area contributed by atoms with Crippen LogP contribution in [0.25, 0.3) is 0 Å². The number of hydrogen-bond donors (Lipinski definition) is 1. The van der Waals surface area contributed by atoms with E-state index in [4.69, 9.17) is 4.74 Å². The largest absolute Gasteiger partial charge is 0.379 e. The van der Waals surface area contributed by atoms with Crippen molar-refractivity contribution in [3.63, 3.8) is 0 Å². The summed E-state index contributed by atoms with van der Waals surface area (Å²) in [6.07, 6.45) is 1.20. The number of nitrogens with one attached hydrogen (secondary N) is 1. The summed E-state index contributed by atoms with van der Waals surface area (Å²) in [5.74, 6) is -0.178. The highest BCUT2D eigenvalue weighted by molar-refractivity contribution is 9.10. The molecule has 0 amide bonds. The van der Waals surface area contributed by atoms with Gasteiger partial charge in [-0.05, 0) is 45.9 Å². The van der Waals surface area contributed by atoms with Gasteiger partial charge in [-0.3, -0.25) is 0 Å². The van der Waals surface area contributed by atoms with Gasteiger partial charge in [-0.1, -0.05) is 22.0 Å². The van der Waals surface area contributed by atoms with Crippen LogP contribution >= 0.6 is 15.9 Å². The van der Waals surface area contributed by atoms with Crippen molar-refractivity contribution < 1.29 is 9.13 Å². The molecular weight excluding hydrogens is 297 g/mol. The molecule has 0 bridgehead atoms. The Kier molecular flexibility index (Phi) is 6.82. The minimum atomic E-state index is -0.178. The van der Waals surface area contributed by atoms with Crippen LogP contribution in [-0.2, 0) is 4.74 Å². The number of halogens is 2. The third kappa shape index (κ3) is 5.46. The van der Waals surface area contributed by atoms with Gasteiger partial charge >= 0.3 is 0 Å². The van der Waals surface area contributed by atoms with Crippen molar-refractivity contribution in [3.05, 3.63) is 34.1 Å². The molecule has 4 heteroatoms. The minimum Gasteiger partial charge on any atom is -0.379 e. The number of rotatable bonds is 7. The molecule has 0 fully saturated rings. The molecule has 0 heterocycles. The van der Waals surface area contributed by atoms with Gasteiger partial charge in [0.25, 0.3) is 0 Å². The van der Waals surface area contributed by atoms with E-state index in [0.717, 1.165) is 24.0 Å². The van der Waals surface area contributed by atoms with E-state index in [9.17, 15) is 4.39 Å². The molecule has 0 aliphatic rings. The fourth-order valence-electron chi connectivity index (χ4n) is 1.67. The molecule has 0 aliphatic carbocycles. The van der Waals surface area contributed by atoms with Gasteiger partial charge in [0.1, 0.15) is 5.82 Å². The van der Waals surface area contributed by atoms with Crippen LogP contribution < -0.4 is 5.32 Å². The molecule has 0 saturated carbocycles. The lowest BCUT2D eigenvalue weighted by atomic mass is 10.1. The van der Waals surface area contributed by atoms with Gasteiger partial charge in [0.15, 0.2) is 0 Å². The summed E-state index contributed by atoms with van der Waals surface area (Å²) < 4.78 is 19.9. The first-order valence-electron chi connectivity index (χ1n) is 6.30. The second-order valence-corrected chi connectivity index (χ2v) is 5.53. The Morgan fingerprint density at radius 3 is 2.67 bits per heavy atom. The van der Waals surface area contributed by atoms with Gasteiger partial charge < -0.3 is 10.1 Å². The standard InChI is InChI=1S/C14H21BrFNO/c1-10(2)18-8-4-7-17-11(3)13-6-5-12(15)9-14(13)16/h5-6,9-11,17H,4,7-8H2,1-3H3. The third-order valence-corrected chi connectivity index (χ3v) is 3.15. The fourth-order valence-corrected chi connectivity index (χ4v) is 2.01. The molecule has 2 nitrogen and oxygen atoms in total. The van der Waals surface area contributed by atoms with Crippen LogP contribution in [0.15, 0.2) is 22.7 Å². The van der Waals surface area contributed by atoms with E-state index in [1.165, 1.54) is 6.07 Å². The minimum absolute atomic E-state index is 0.0112. The lowest BCUT2D eigenvalue weighted by Gasteiger charge is -2.15. The maximum atomic E-state index is 13.7. The molecule has 18 heavy (non-hydrogen) atoms. The van der Waals surface area contributed by atoms with Gasteiger partial charge in [0, 0.05) is 22.7 Å². The lowest BCUT2D eigenvalue weighted by molar-refractivity contribution is 0.0767. The SMILES string of the molecule is CC(C)OCCCNC(C)c1ccc(Br)cc1F. The highest BCUT2D eigenvalue weighted by atomic mass is 79.9. The van der Waals surface area contributed by atoms with E-state index in [0.29, 0.717) is 5.56 Å². The average molecular weight is 318 g/mol. The van der Waals surface area contributed by atoms with E-state index >= 15 is 0 Å². The van der Waals surface area contributed by atoms with E-state index in [-0.39, 0.29) is 18.0 Å². The summed E-state index contributed by atoms with van der Waals surface area (Å²) in [4.78, 5) is 0. The van der Waals surface area contributed by atoms with Crippen molar-refractivity contribution in [1.82, 2.24) is 5.32 Å². The Hall–Kier alpha value is -0.450. The van der Waals surface area contributed by atoms with Crippen molar-refractivity contribution in [2.24, 2.45) is 0 Å². The Labute approximate surface area is 117 Å². The number of ether oxygens (including phenoxy) is 1. The summed E-state index contributed by atoms with van der Waals surface area (Å²) >= 11 is 3.26. The van der Waals surface area contributed by atoms with E-state index in [1.807, 2.05) is 32.9 Å². The molecule has 0 radical (unpaired) electrons. The van der Waals surface area contributed by atoms with Crippen LogP contribution in [-0.4, -0.2) is 19.3 Å². The summed E-state index contributed by atoms with van der Waals surface area (Å²) in [6.45, 7) is 7.57. The lowest BCUT2D eigenvalue weighted by Crippen LogP contribution is -2.22. The van der Waals surface area contributed by atoms with Crippen LogP contribution in [0, 0.1) is 5.82 Å². The molecule has 0 spiro atoms. The monoisotopic (exact) mass is 317 g/mol. The molecule has 102 valence electrons. The van der Waals surface area contributed by atoms with Gasteiger partial charge in [0.2, 0.25) is 0 Å². The van der Waals surface area contributed by atoms with Crippen LogP contribution in [0.3, 0.4) is 0 Å². The molecular formula is C14H21BrFNO. The van der Waals surface area contributed by atoms with Gasteiger partial charge in [0.05, 0.1) is 6.10 Å².